The van der Waals surface area contributed by atoms with E-state index in [1.165, 1.54) is 0 Å². The van der Waals surface area contributed by atoms with Gasteiger partial charge in [-0.25, -0.2) is 8.42 Å². The molecule has 2 aromatic rings. The van der Waals surface area contributed by atoms with E-state index < -0.39 is 20.7 Å². The van der Waals surface area contributed by atoms with Gasteiger partial charge in [0.15, 0.2) is 15.6 Å². The number of ether oxygens (including phenoxy) is 1. The van der Waals surface area contributed by atoms with Crippen molar-refractivity contribution in [1.29, 1.82) is 0 Å². The number of hydrogen-bond acceptors (Lipinski definition) is 5. The summed E-state index contributed by atoms with van der Waals surface area (Å²) in [5, 5.41) is -0.492. The van der Waals surface area contributed by atoms with Gasteiger partial charge in [0.1, 0.15) is 11.4 Å². The highest BCUT2D eigenvalue weighted by atomic mass is 32.2. The Kier molecular flexibility index (Phi) is 5.18. The van der Waals surface area contributed by atoms with Crippen LogP contribution in [0.4, 0.5) is 0 Å². The zero-order chi connectivity index (χ0) is 21.5. The molecule has 0 saturated carbocycles. The predicted molar refractivity (Wildman–Crippen MR) is 112 cm³/mol. The zero-order valence-electron chi connectivity index (χ0n) is 17.1. The van der Waals surface area contributed by atoms with Crippen LogP contribution < -0.4 is 4.74 Å². The molecule has 0 radical (unpaired) electrons. The van der Waals surface area contributed by atoms with E-state index in [4.69, 9.17) is 4.74 Å². The van der Waals surface area contributed by atoms with E-state index in [1.807, 2.05) is 12.1 Å². The maximum atomic E-state index is 12.8. The first-order chi connectivity index (χ1) is 14.2. The van der Waals surface area contributed by atoms with Crippen molar-refractivity contribution in [2.75, 3.05) is 13.1 Å². The number of para-hydroxylation sites is 1. The second-order valence-electron chi connectivity index (χ2n) is 8.36. The van der Waals surface area contributed by atoms with Gasteiger partial charge in [-0.3, -0.25) is 9.59 Å². The van der Waals surface area contributed by atoms with Crippen molar-refractivity contribution >= 4 is 21.5 Å². The Hall–Kier alpha value is -2.67. The van der Waals surface area contributed by atoms with Crippen molar-refractivity contribution in [3.63, 3.8) is 0 Å². The van der Waals surface area contributed by atoms with Crippen molar-refractivity contribution in [1.82, 2.24) is 4.90 Å². The average molecular weight is 428 g/mol. The Morgan fingerprint density at radius 1 is 1.13 bits per heavy atom. The Bertz CT molecular complexity index is 1090. The molecule has 1 spiro atoms. The second-order valence-corrected chi connectivity index (χ2v) is 10.9. The van der Waals surface area contributed by atoms with Gasteiger partial charge in [0, 0.05) is 13.0 Å². The van der Waals surface area contributed by atoms with Crippen LogP contribution in [0.15, 0.2) is 53.4 Å². The lowest BCUT2D eigenvalue weighted by molar-refractivity contribution is -0.130. The molecule has 1 atom stereocenters. The van der Waals surface area contributed by atoms with Gasteiger partial charge in [0.05, 0.1) is 35.1 Å². The number of sulfone groups is 1. The molecular weight excluding hydrogens is 402 g/mol. The highest BCUT2D eigenvalue weighted by Gasteiger charge is 2.46. The highest BCUT2D eigenvalue weighted by Crippen LogP contribution is 2.38. The van der Waals surface area contributed by atoms with Crippen LogP contribution in [0.1, 0.15) is 42.6 Å². The van der Waals surface area contributed by atoms with Gasteiger partial charge < -0.3 is 9.64 Å². The SMILES string of the molecule is CC(C)S(=O)(=O)c1ccc(CC(=O)N2CCC3(CC(=O)c4ccccc4O3)C2)cc1. The standard InChI is InChI=1S/C23H25NO5S/c1-16(2)30(27,28)18-9-7-17(8-10-18)13-22(26)24-12-11-23(15-24)14-20(25)19-5-3-4-6-21(19)29-23/h3-10,16H,11-15H2,1-2H3. The van der Waals surface area contributed by atoms with Crippen molar-refractivity contribution in [2.24, 2.45) is 0 Å². The summed E-state index contributed by atoms with van der Waals surface area (Å²) < 4.78 is 30.7. The third kappa shape index (κ3) is 3.74. The summed E-state index contributed by atoms with van der Waals surface area (Å²) in [5.74, 6) is 0.583. The van der Waals surface area contributed by atoms with Gasteiger partial charge in [0.2, 0.25) is 5.91 Å². The first-order valence-corrected chi connectivity index (χ1v) is 11.7. The lowest BCUT2D eigenvalue weighted by Crippen LogP contribution is -2.45. The predicted octanol–water partition coefficient (Wildman–Crippen LogP) is 3.05. The van der Waals surface area contributed by atoms with Crippen molar-refractivity contribution < 1.29 is 22.7 Å². The van der Waals surface area contributed by atoms with Gasteiger partial charge in [-0.05, 0) is 43.7 Å². The summed E-state index contributed by atoms with van der Waals surface area (Å²) in [6.45, 7) is 4.21. The molecule has 0 aliphatic carbocycles. The minimum absolute atomic E-state index is 0.0492. The number of ketones is 1. The van der Waals surface area contributed by atoms with Crippen LogP contribution in [0.25, 0.3) is 0 Å². The second kappa shape index (κ2) is 7.54. The van der Waals surface area contributed by atoms with E-state index in [2.05, 4.69) is 0 Å². The number of amides is 1. The van der Waals surface area contributed by atoms with Gasteiger partial charge >= 0.3 is 0 Å². The Balaban J connectivity index is 1.43. The van der Waals surface area contributed by atoms with Gasteiger partial charge in [-0.2, -0.15) is 0 Å². The van der Waals surface area contributed by atoms with Crippen LogP contribution in [0.3, 0.4) is 0 Å². The maximum absolute atomic E-state index is 12.8. The van der Waals surface area contributed by atoms with Crippen LogP contribution in [0, 0.1) is 0 Å². The van der Waals surface area contributed by atoms with Crippen molar-refractivity contribution in [2.45, 2.75) is 48.9 Å². The minimum Gasteiger partial charge on any atom is -0.484 e. The topological polar surface area (TPSA) is 80.8 Å². The first-order valence-electron chi connectivity index (χ1n) is 10.1. The molecular formula is C23H25NO5S. The lowest BCUT2D eigenvalue weighted by atomic mass is 9.89. The quantitative estimate of drug-likeness (QED) is 0.749. The number of nitrogens with zero attached hydrogens (tertiary/aromatic N) is 1. The number of hydrogen-bond donors (Lipinski definition) is 0. The Labute approximate surface area is 176 Å². The fraction of sp³-hybridized carbons (Fsp3) is 0.391. The molecule has 2 aliphatic heterocycles. The molecule has 6 nitrogen and oxygen atoms in total. The number of carbonyl (C=O) groups excluding carboxylic acids is 2. The molecule has 158 valence electrons. The fourth-order valence-electron chi connectivity index (χ4n) is 4.08. The largest absolute Gasteiger partial charge is 0.484 e. The molecule has 0 bridgehead atoms. The summed E-state index contributed by atoms with van der Waals surface area (Å²) in [6, 6.07) is 13.7. The van der Waals surface area contributed by atoms with E-state index in [0.717, 1.165) is 5.56 Å². The van der Waals surface area contributed by atoms with Gasteiger partial charge in [-0.15, -0.1) is 0 Å². The normalized spacial score (nSPS) is 21.0. The lowest BCUT2D eigenvalue weighted by Gasteiger charge is -2.34. The van der Waals surface area contributed by atoms with E-state index in [-0.39, 0.29) is 29.4 Å². The molecule has 1 fully saturated rings. The molecule has 0 N–H and O–H groups in total. The fourth-order valence-corrected chi connectivity index (χ4v) is 5.14. The van der Waals surface area contributed by atoms with E-state index in [9.17, 15) is 18.0 Å². The summed E-state index contributed by atoms with van der Waals surface area (Å²) in [5.41, 5.74) is 0.704. The average Bonchev–Trinajstić information content (AvgIpc) is 3.11. The maximum Gasteiger partial charge on any atom is 0.227 e. The van der Waals surface area contributed by atoms with Crippen LogP contribution in [0.5, 0.6) is 5.75 Å². The summed E-state index contributed by atoms with van der Waals surface area (Å²) >= 11 is 0. The zero-order valence-corrected chi connectivity index (χ0v) is 17.9. The molecule has 1 amide bonds. The molecule has 7 heteroatoms. The Morgan fingerprint density at radius 2 is 1.83 bits per heavy atom. The van der Waals surface area contributed by atoms with Crippen LogP contribution in [-0.4, -0.2) is 48.9 Å². The summed E-state index contributed by atoms with van der Waals surface area (Å²) in [6.07, 6.45) is 1.07. The summed E-state index contributed by atoms with van der Waals surface area (Å²) in [4.78, 5) is 27.4. The molecule has 2 heterocycles. The number of likely N-dealkylation sites (tertiary alicyclic amines) is 1. The molecule has 2 aliphatic rings. The van der Waals surface area contributed by atoms with Gasteiger partial charge in [-0.1, -0.05) is 24.3 Å². The smallest absolute Gasteiger partial charge is 0.227 e. The van der Waals surface area contributed by atoms with Crippen LogP contribution in [0.2, 0.25) is 0 Å². The molecule has 1 saturated heterocycles. The number of Topliss-reactive ketones (excluding diaryl/α,β-unsaturated/α-hetero) is 1. The van der Waals surface area contributed by atoms with E-state index in [1.54, 1.807) is 55.1 Å². The third-order valence-corrected chi connectivity index (χ3v) is 8.06. The molecule has 0 aromatic heterocycles. The number of fused-ring (bicyclic) bond motifs is 1. The molecule has 2 aromatic carbocycles. The Morgan fingerprint density at radius 3 is 2.53 bits per heavy atom. The van der Waals surface area contributed by atoms with Crippen LogP contribution >= 0.6 is 0 Å². The molecule has 30 heavy (non-hydrogen) atoms. The number of carbonyl (C=O) groups is 2. The highest BCUT2D eigenvalue weighted by molar-refractivity contribution is 7.92. The van der Waals surface area contributed by atoms with Crippen molar-refractivity contribution in [3.8, 4) is 5.75 Å². The first kappa shape index (κ1) is 20.6. The third-order valence-electron chi connectivity index (χ3n) is 5.89. The van der Waals surface area contributed by atoms with Gasteiger partial charge in [0.25, 0.3) is 0 Å². The van der Waals surface area contributed by atoms with E-state index >= 15 is 0 Å². The minimum atomic E-state index is -3.33. The summed E-state index contributed by atoms with van der Waals surface area (Å²) in [7, 11) is -3.33. The monoisotopic (exact) mass is 427 g/mol. The van der Waals surface area contributed by atoms with Crippen molar-refractivity contribution in [3.05, 3.63) is 59.7 Å². The van der Waals surface area contributed by atoms with Crippen LogP contribution in [-0.2, 0) is 21.1 Å². The van der Waals surface area contributed by atoms with E-state index in [0.29, 0.717) is 30.8 Å². The molecule has 4 rings (SSSR count). The number of rotatable bonds is 4. The number of benzene rings is 2. The molecule has 1 unspecified atom stereocenters.